The van der Waals surface area contributed by atoms with Crippen LogP contribution in [0.3, 0.4) is 0 Å². The highest BCUT2D eigenvalue weighted by atomic mass is 35.5. The van der Waals surface area contributed by atoms with Crippen LogP contribution in [0.15, 0.2) is 48.5 Å². The SMILES string of the molecule is COCCNCCNC(=O)c1ccc(Oc2cccc(Cl)c2)cc1. The first-order chi connectivity index (χ1) is 11.7. The summed E-state index contributed by atoms with van der Waals surface area (Å²) >= 11 is 5.92. The summed E-state index contributed by atoms with van der Waals surface area (Å²) in [6, 6.07) is 14.1. The summed E-state index contributed by atoms with van der Waals surface area (Å²) in [7, 11) is 1.66. The highest BCUT2D eigenvalue weighted by Crippen LogP contribution is 2.24. The summed E-state index contributed by atoms with van der Waals surface area (Å²) in [6.45, 7) is 2.68. The maximum Gasteiger partial charge on any atom is 0.251 e. The van der Waals surface area contributed by atoms with Crippen molar-refractivity contribution < 1.29 is 14.3 Å². The number of nitrogens with one attached hydrogen (secondary N) is 2. The van der Waals surface area contributed by atoms with Gasteiger partial charge in [0.15, 0.2) is 0 Å². The quantitative estimate of drug-likeness (QED) is 0.684. The van der Waals surface area contributed by atoms with Gasteiger partial charge in [0.2, 0.25) is 0 Å². The first-order valence-electron chi connectivity index (χ1n) is 7.70. The van der Waals surface area contributed by atoms with Crippen molar-refractivity contribution in [3.05, 3.63) is 59.1 Å². The summed E-state index contributed by atoms with van der Waals surface area (Å²) in [5.74, 6) is 1.19. The van der Waals surface area contributed by atoms with Gasteiger partial charge in [-0.25, -0.2) is 0 Å². The third kappa shape index (κ3) is 6.20. The van der Waals surface area contributed by atoms with E-state index in [4.69, 9.17) is 21.1 Å². The second-order valence-corrected chi connectivity index (χ2v) is 5.52. The Kier molecular flexibility index (Phi) is 7.55. The monoisotopic (exact) mass is 348 g/mol. The van der Waals surface area contributed by atoms with Crippen molar-refractivity contribution in [1.82, 2.24) is 10.6 Å². The molecule has 24 heavy (non-hydrogen) atoms. The molecule has 2 rings (SSSR count). The fraction of sp³-hybridized carbons (Fsp3) is 0.278. The van der Waals surface area contributed by atoms with E-state index in [1.807, 2.05) is 12.1 Å². The Hall–Kier alpha value is -2.08. The van der Waals surface area contributed by atoms with Gasteiger partial charge in [0.25, 0.3) is 5.91 Å². The number of hydrogen-bond acceptors (Lipinski definition) is 4. The van der Waals surface area contributed by atoms with Gasteiger partial charge in [0.05, 0.1) is 6.61 Å². The van der Waals surface area contributed by atoms with E-state index in [1.165, 1.54) is 0 Å². The fourth-order valence-corrected chi connectivity index (χ4v) is 2.19. The molecule has 0 saturated heterocycles. The van der Waals surface area contributed by atoms with Crippen LogP contribution in [-0.4, -0.2) is 39.3 Å². The molecule has 2 N–H and O–H groups in total. The highest BCUT2D eigenvalue weighted by Gasteiger charge is 2.05. The first-order valence-corrected chi connectivity index (χ1v) is 8.08. The normalized spacial score (nSPS) is 10.4. The number of carbonyl (C=O) groups is 1. The van der Waals surface area contributed by atoms with Crippen LogP contribution in [0.5, 0.6) is 11.5 Å². The number of methoxy groups -OCH3 is 1. The molecule has 2 aromatic carbocycles. The Morgan fingerprint density at radius 1 is 1.04 bits per heavy atom. The largest absolute Gasteiger partial charge is 0.457 e. The lowest BCUT2D eigenvalue weighted by atomic mass is 10.2. The Balaban J connectivity index is 1.79. The van der Waals surface area contributed by atoms with Crippen molar-refractivity contribution in [3.63, 3.8) is 0 Å². The van der Waals surface area contributed by atoms with E-state index in [1.54, 1.807) is 43.5 Å². The zero-order chi connectivity index (χ0) is 17.2. The molecule has 0 aliphatic carbocycles. The minimum Gasteiger partial charge on any atom is -0.457 e. The van der Waals surface area contributed by atoms with E-state index in [2.05, 4.69) is 10.6 Å². The third-order valence-electron chi connectivity index (χ3n) is 3.22. The minimum atomic E-state index is -0.113. The minimum absolute atomic E-state index is 0.113. The predicted octanol–water partition coefficient (Wildman–Crippen LogP) is 3.10. The molecule has 0 bridgehead atoms. The second kappa shape index (κ2) is 9.93. The molecule has 0 saturated carbocycles. The lowest BCUT2D eigenvalue weighted by Crippen LogP contribution is -2.33. The average molecular weight is 349 g/mol. The molecule has 6 heteroatoms. The Morgan fingerprint density at radius 3 is 2.54 bits per heavy atom. The van der Waals surface area contributed by atoms with Crippen molar-refractivity contribution in [2.75, 3.05) is 33.4 Å². The molecule has 0 aliphatic rings. The van der Waals surface area contributed by atoms with E-state index >= 15 is 0 Å². The van der Waals surface area contributed by atoms with Gasteiger partial charge in [-0.15, -0.1) is 0 Å². The van der Waals surface area contributed by atoms with Gasteiger partial charge in [-0.3, -0.25) is 4.79 Å². The molecule has 0 radical (unpaired) electrons. The molecule has 2 aromatic rings. The summed E-state index contributed by atoms with van der Waals surface area (Å²) in [5.41, 5.74) is 0.588. The molecule has 0 spiro atoms. The van der Waals surface area contributed by atoms with E-state index < -0.39 is 0 Å². The number of hydrogen-bond donors (Lipinski definition) is 2. The topological polar surface area (TPSA) is 59.6 Å². The van der Waals surface area contributed by atoms with E-state index in [0.29, 0.717) is 41.8 Å². The maximum atomic E-state index is 12.0. The predicted molar refractivity (Wildman–Crippen MR) is 95.0 cm³/mol. The maximum absolute atomic E-state index is 12.0. The molecule has 0 fully saturated rings. The van der Waals surface area contributed by atoms with Crippen LogP contribution in [-0.2, 0) is 4.74 Å². The smallest absolute Gasteiger partial charge is 0.251 e. The molecule has 5 nitrogen and oxygen atoms in total. The lowest BCUT2D eigenvalue weighted by molar-refractivity contribution is 0.0953. The molecular formula is C18H21ClN2O3. The van der Waals surface area contributed by atoms with Crippen molar-refractivity contribution in [2.24, 2.45) is 0 Å². The summed E-state index contributed by atoms with van der Waals surface area (Å²) < 4.78 is 10.6. The van der Waals surface area contributed by atoms with Crippen LogP contribution >= 0.6 is 11.6 Å². The number of amides is 1. The van der Waals surface area contributed by atoms with Crippen molar-refractivity contribution in [3.8, 4) is 11.5 Å². The van der Waals surface area contributed by atoms with Crippen LogP contribution < -0.4 is 15.4 Å². The van der Waals surface area contributed by atoms with Gasteiger partial charge >= 0.3 is 0 Å². The Bertz CT molecular complexity index is 647. The average Bonchev–Trinajstić information content (AvgIpc) is 2.58. The molecule has 0 unspecified atom stereocenters. The van der Waals surface area contributed by atoms with Crippen molar-refractivity contribution in [1.29, 1.82) is 0 Å². The van der Waals surface area contributed by atoms with E-state index in [-0.39, 0.29) is 5.91 Å². The van der Waals surface area contributed by atoms with E-state index in [0.717, 1.165) is 6.54 Å². The summed E-state index contributed by atoms with van der Waals surface area (Å²) in [6.07, 6.45) is 0. The fourth-order valence-electron chi connectivity index (χ4n) is 2.01. The van der Waals surface area contributed by atoms with Crippen LogP contribution in [0, 0.1) is 0 Å². The van der Waals surface area contributed by atoms with Crippen molar-refractivity contribution >= 4 is 17.5 Å². The Labute approximate surface area is 146 Å². The first kappa shape index (κ1) is 18.3. The Morgan fingerprint density at radius 2 is 1.83 bits per heavy atom. The standard InChI is InChI=1S/C18H21ClN2O3/c1-23-12-11-20-9-10-21-18(22)14-5-7-16(8-6-14)24-17-4-2-3-15(19)13-17/h2-8,13,20H,9-12H2,1H3,(H,21,22). The van der Waals surface area contributed by atoms with Crippen molar-refractivity contribution in [2.45, 2.75) is 0 Å². The van der Waals surface area contributed by atoms with Crippen LogP contribution in [0.4, 0.5) is 0 Å². The van der Waals surface area contributed by atoms with Crippen LogP contribution in [0.1, 0.15) is 10.4 Å². The lowest BCUT2D eigenvalue weighted by Gasteiger charge is -2.08. The van der Waals surface area contributed by atoms with Crippen LogP contribution in [0.25, 0.3) is 0 Å². The number of rotatable bonds is 9. The summed E-state index contributed by atoms with van der Waals surface area (Å²) in [4.78, 5) is 12.0. The molecule has 0 aromatic heterocycles. The zero-order valence-electron chi connectivity index (χ0n) is 13.5. The molecule has 128 valence electrons. The number of ether oxygens (including phenoxy) is 2. The van der Waals surface area contributed by atoms with Gasteiger partial charge in [0.1, 0.15) is 11.5 Å². The number of carbonyl (C=O) groups excluding carboxylic acids is 1. The highest BCUT2D eigenvalue weighted by molar-refractivity contribution is 6.30. The van der Waals surface area contributed by atoms with Gasteiger partial charge in [-0.05, 0) is 42.5 Å². The molecule has 0 atom stereocenters. The zero-order valence-corrected chi connectivity index (χ0v) is 14.3. The van der Waals surface area contributed by atoms with Gasteiger partial charge in [0, 0.05) is 37.3 Å². The van der Waals surface area contributed by atoms with Gasteiger partial charge in [-0.2, -0.15) is 0 Å². The third-order valence-corrected chi connectivity index (χ3v) is 3.45. The number of benzene rings is 2. The molecule has 0 aliphatic heterocycles. The second-order valence-electron chi connectivity index (χ2n) is 5.08. The van der Waals surface area contributed by atoms with E-state index in [9.17, 15) is 4.79 Å². The van der Waals surface area contributed by atoms with Gasteiger partial charge < -0.3 is 20.1 Å². The molecule has 1 amide bonds. The number of halogens is 1. The van der Waals surface area contributed by atoms with Gasteiger partial charge in [-0.1, -0.05) is 17.7 Å². The molecular weight excluding hydrogens is 328 g/mol. The van der Waals surface area contributed by atoms with Crippen LogP contribution in [0.2, 0.25) is 5.02 Å². The molecule has 0 heterocycles. The summed E-state index contributed by atoms with van der Waals surface area (Å²) in [5, 5.41) is 6.63.